The Bertz CT molecular complexity index is 447. The van der Waals surface area contributed by atoms with E-state index in [0.29, 0.717) is 12.6 Å². The lowest BCUT2D eigenvalue weighted by Gasteiger charge is -2.13. The van der Waals surface area contributed by atoms with E-state index in [1.807, 2.05) is 11.6 Å². The molecule has 2 amide bonds. The van der Waals surface area contributed by atoms with Gasteiger partial charge in [-0.05, 0) is 39.2 Å². The lowest BCUT2D eigenvalue weighted by atomic mass is 10.2. The summed E-state index contributed by atoms with van der Waals surface area (Å²) in [5.74, 6) is 0. The summed E-state index contributed by atoms with van der Waals surface area (Å²) < 4.78 is 1.96. The summed E-state index contributed by atoms with van der Waals surface area (Å²) in [4.78, 5) is 11.7. The number of carbonyl (C=O) groups excluding carboxylic acids is 1. The molecule has 1 aliphatic rings. The minimum atomic E-state index is -0.0508. The molecular weight excluding hydrogens is 240 g/mol. The first-order chi connectivity index (χ1) is 9.08. The SMILES string of the molecule is Cc1nn(CCNC(=O)NC2CCCC2)c(C)c1C. The first kappa shape index (κ1) is 13.9. The molecule has 0 aromatic carbocycles. The molecule has 1 aromatic heterocycles. The highest BCUT2D eigenvalue weighted by Gasteiger charge is 2.16. The summed E-state index contributed by atoms with van der Waals surface area (Å²) in [6.07, 6.45) is 4.69. The lowest BCUT2D eigenvalue weighted by molar-refractivity contribution is 0.236. The first-order valence-corrected chi connectivity index (χ1v) is 7.13. The highest BCUT2D eigenvalue weighted by atomic mass is 16.2. The minimum Gasteiger partial charge on any atom is -0.336 e. The molecule has 1 heterocycles. The summed E-state index contributed by atoms with van der Waals surface area (Å²) in [6, 6.07) is 0.320. The second-order valence-electron chi connectivity index (χ2n) is 5.40. The van der Waals surface area contributed by atoms with Crippen LogP contribution in [-0.2, 0) is 6.54 Å². The molecule has 0 bridgehead atoms. The quantitative estimate of drug-likeness (QED) is 0.874. The lowest BCUT2D eigenvalue weighted by Crippen LogP contribution is -2.42. The molecule has 1 aliphatic carbocycles. The Morgan fingerprint density at radius 1 is 1.32 bits per heavy atom. The molecule has 0 spiro atoms. The van der Waals surface area contributed by atoms with Gasteiger partial charge in [0.2, 0.25) is 0 Å². The second kappa shape index (κ2) is 6.08. The molecule has 106 valence electrons. The van der Waals surface area contributed by atoms with Crippen molar-refractivity contribution in [3.8, 4) is 0 Å². The Hall–Kier alpha value is -1.52. The Kier molecular flexibility index (Phi) is 4.45. The maximum atomic E-state index is 11.7. The third-order valence-corrected chi connectivity index (χ3v) is 4.04. The van der Waals surface area contributed by atoms with Gasteiger partial charge >= 0.3 is 6.03 Å². The average molecular weight is 264 g/mol. The zero-order valence-corrected chi connectivity index (χ0v) is 12.1. The maximum Gasteiger partial charge on any atom is 0.315 e. The van der Waals surface area contributed by atoms with E-state index >= 15 is 0 Å². The normalized spacial score (nSPS) is 15.7. The van der Waals surface area contributed by atoms with Gasteiger partial charge in [0.15, 0.2) is 0 Å². The number of nitrogens with zero attached hydrogens (tertiary/aromatic N) is 2. The van der Waals surface area contributed by atoms with Crippen molar-refractivity contribution in [2.24, 2.45) is 0 Å². The molecule has 1 saturated carbocycles. The van der Waals surface area contributed by atoms with E-state index in [2.05, 4.69) is 29.6 Å². The first-order valence-electron chi connectivity index (χ1n) is 7.13. The van der Waals surface area contributed by atoms with Crippen molar-refractivity contribution in [3.63, 3.8) is 0 Å². The number of hydrogen-bond donors (Lipinski definition) is 2. The Balaban J connectivity index is 1.73. The van der Waals surface area contributed by atoms with Crippen LogP contribution in [0.4, 0.5) is 4.79 Å². The molecule has 0 aliphatic heterocycles. The maximum absolute atomic E-state index is 11.7. The fraction of sp³-hybridized carbons (Fsp3) is 0.714. The van der Waals surface area contributed by atoms with Crippen molar-refractivity contribution < 1.29 is 4.79 Å². The predicted molar refractivity (Wildman–Crippen MR) is 75.2 cm³/mol. The number of amides is 2. The highest BCUT2D eigenvalue weighted by Crippen LogP contribution is 2.17. The molecule has 2 N–H and O–H groups in total. The molecule has 0 atom stereocenters. The number of aromatic nitrogens is 2. The predicted octanol–water partition coefficient (Wildman–Crippen LogP) is 2.05. The second-order valence-corrected chi connectivity index (χ2v) is 5.40. The minimum absolute atomic E-state index is 0.0508. The fourth-order valence-corrected chi connectivity index (χ4v) is 2.59. The third-order valence-electron chi connectivity index (χ3n) is 4.04. The number of carbonyl (C=O) groups is 1. The number of rotatable bonds is 4. The van der Waals surface area contributed by atoms with Crippen molar-refractivity contribution >= 4 is 6.03 Å². The largest absolute Gasteiger partial charge is 0.336 e. The molecule has 5 nitrogen and oxygen atoms in total. The van der Waals surface area contributed by atoms with Crippen LogP contribution in [0.2, 0.25) is 0 Å². The average Bonchev–Trinajstić information content (AvgIpc) is 2.95. The molecule has 1 aromatic rings. The van der Waals surface area contributed by atoms with E-state index in [4.69, 9.17) is 0 Å². The van der Waals surface area contributed by atoms with Crippen LogP contribution in [0.15, 0.2) is 0 Å². The van der Waals surface area contributed by atoms with E-state index in [1.54, 1.807) is 0 Å². The van der Waals surface area contributed by atoms with Crippen LogP contribution >= 0.6 is 0 Å². The molecule has 0 saturated heterocycles. The highest BCUT2D eigenvalue weighted by molar-refractivity contribution is 5.74. The van der Waals surface area contributed by atoms with Gasteiger partial charge in [0.25, 0.3) is 0 Å². The van der Waals surface area contributed by atoms with Crippen LogP contribution in [0.5, 0.6) is 0 Å². The molecule has 2 rings (SSSR count). The van der Waals surface area contributed by atoms with E-state index in [-0.39, 0.29) is 6.03 Å². The molecular formula is C14H24N4O. The zero-order valence-electron chi connectivity index (χ0n) is 12.1. The van der Waals surface area contributed by atoms with E-state index in [1.165, 1.54) is 24.1 Å². The third kappa shape index (κ3) is 3.49. The van der Waals surface area contributed by atoms with Gasteiger partial charge in [0, 0.05) is 18.3 Å². The van der Waals surface area contributed by atoms with Crippen molar-refractivity contribution in [1.82, 2.24) is 20.4 Å². The summed E-state index contributed by atoms with van der Waals surface area (Å²) in [5.41, 5.74) is 3.47. The number of hydrogen-bond acceptors (Lipinski definition) is 2. The van der Waals surface area contributed by atoms with Gasteiger partial charge in [0.1, 0.15) is 0 Å². The Morgan fingerprint density at radius 3 is 2.58 bits per heavy atom. The van der Waals surface area contributed by atoms with Gasteiger partial charge in [0.05, 0.1) is 12.2 Å². The van der Waals surface area contributed by atoms with Gasteiger partial charge in [-0.15, -0.1) is 0 Å². The van der Waals surface area contributed by atoms with Crippen LogP contribution in [-0.4, -0.2) is 28.4 Å². The molecule has 19 heavy (non-hydrogen) atoms. The van der Waals surface area contributed by atoms with E-state index in [0.717, 1.165) is 25.1 Å². The monoisotopic (exact) mass is 264 g/mol. The number of nitrogens with one attached hydrogen (secondary N) is 2. The summed E-state index contributed by atoms with van der Waals surface area (Å²) in [6.45, 7) is 7.49. The Labute approximate surface area is 114 Å². The number of urea groups is 1. The Morgan fingerprint density at radius 2 is 2.00 bits per heavy atom. The fourth-order valence-electron chi connectivity index (χ4n) is 2.59. The summed E-state index contributed by atoms with van der Waals surface area (Å²) in [7, 11) is 0. The van der Waals surface area contributed by atoms with Gasteiger partial charge in [-0.3, -0.25) is 4.68 Å². The van der Waals surface area contributed by atoms with Crippen molar-refractivity contribution in [3.05, 3.63) is 17.0 Å². The summed E-state index contributed by atoms with van der Waals surface area (Å²) >= 11 is 0. The number of aryl methyl sites for hydroxylation is 1. The van der Waals surface area contributed by atoms with Gasteiger partial charge in [-0.2, -0.15) is 5.10 Å². The van der Waals surface area contributed by atoms with E-state index < -0.39 is 0 Å². The van der Waals surface area contributed by atoms with Crippen molar-refractivity contribution in [2.45, 2.75) is 59.0 Å². The molecule has 0 radical (unpaired) electrons. The smallest absolute Gasteiger partial charge is 0.315 e. The molecule has 5 heteroatoms. The van der Waals surface area contributed by atoms with Crippen molar-refractivity contribution in [1.29, 1.82) is 0 Å². The molecule has 0 unspecified atom stereocenters. The van der Waals surface area contributed by atoms with E-state index in [9.17, 15) is 4.79 Å². The van der Waals surface area contributed by atoms with Crippen LogP contribution in [0.25, 0.3) is 0 Å². The van der Waals surface area contributed by atoms with Gasteiger partial charge < -0.3 is 10.6 Å². The van der Waals surface area contributed by atoms with Crippen molar-refractivity contribution in [2.75, 3.05) is 6.54 Å². The van der Waals surface area contributed by atoms with Crippen LogP contribution in [0, 0.1) is 20.8 Å². The van der Waals surface area contributed by atoms with Crippen LogP contribution < -0.4 is 10.6 Å². The van der Waals surface area contributed by atoms with Crippen LogP contribution in [0.3, 0.4) is 0 Å². The summed E-state index contributed by atoms with van der Waals surface area (Å²) in [5, 5.41) is 10.4. The van der Waals surface area contributed by atoms with Gasteiger partial charge in [-0.1, -0.05) is 12.8 Å². The standard InChI is InChI=1S/C14H24N4O/c1-10-11(2)17-18(12(10)3)9-8-15-14(19)16-13-6-4-5-7-13/h13H,4-9H2,1-3H3,(H2,15,16,19). The topological polar surface area (TPSA) is 59.0 Å². The van der Waals surface area contributed by atoms with Crippen LogP contribution in [0.1, 0.15) is 42.6 Å². The zero-order chi connectivity index (χ0) is 13.8. The van der Waals surface area contributed by atoms with Gasteiger partial charge in [-0.25, -0.2) is 4.79 Å². The molecule has 1 fully saturated rings.